The summed E-state index contributed by atoms with van der Waals surface area (Å²) in [6.07, 6.45) is 3.18. The zero-order valence-electron chi connectivity index (χ0n) is 11.3. The third-order valence-corrected chi connectivity index (χ3v) is 2.85. The highest BCUT2D eigenvalue weighted by molar-refractivity contribution is 5.85. The molecule has 3 nitrogen and oxygen atoms in total. The number of rotatable bonds is 7. The molecule has 19 heavy (non-hydrogen) atoms. The first-order valence-electron chi connectivity index (χ1n) is 6.39. The van der Waals surface area contributed by atoms with Crippen molar-refractivity contribution in [3.8, 4) is 0 Å². The molecule has 0 aliphatic carbocycles. The zero-order chi connectivity index (χ0) is 13.4. The van der Waals surface area contributed by atoms with E-state index in [0.29, 0.717) is 13.1 Å². The number of amides is 1. The summed E-state index contributed by atoms with van der Waals surface area (Å²) in [6.45, 7) is 3.35. The Labute approximate surface area is 120 Å². The van der Waals surface area contributed by atoms with Crippen LogP contribution in [0, 0.1) is 5.82 Å². The van der Waals surface area contributed by atoms with Crippen LogP contribution in [-0.4, -0.2) is 23.9 Å². The van der Waals surface area contributed by atoms with Crippen LogP contribution >= 0.6 is 12.4 Å². The molecular weight excluding hydrogens is 267 g/mol. The number of halogens is 2. The van der Waals surface area contributed by atoms with Gasteiger partial charge < -0.3 is 10.6 Å². The number of nitrogens with two attached hydrogens (primary N) is 1. The van der Waals surface area contributed by atoms with E-state index in [1.165, 1.54) is 12.1 Å². The Balaban J connectivity index is 0.00000324. The predicted molar refractivity (Wildman–Crippen MR) is 77.6 cm³/mol. The Morgan fingerprint density at radius 3 is 2.42 bits per heavy atom. The highest BCUT2D eigenvalue weighted by Crippen LogP contribution is 2.08. The van der Waals surface area contributed by atoms with Crippen LogP contribution in [0.15, 0.2) is 24.3 Å². The Bertz CT molecular complexity index is 370. The number of unbranched alkanes of at least 4 members (excludes halogenated alkanes) is 2. The number of hydrogen-bond donors (Lipinski definition) is 1. The SMILES string of the molecule is CCCCCN(Cc1ccc(F)cc1)C(=O)CN.Cl. The summed E-state index contributed by atoms with van der Waals surface area (Å²) in [6, 6.07) is 6.22. The Hall–Kier alpha value is -1.13. The van der Waals surface area contributed by atoms with Crippen LogP contribution in [0.1, 0.15) is 31.7 Å². The fourth-order valence-corrected chi connectivity index (χ4v) is 1.78. The molecule has 0 aliphatic heterocycles. The molecule has 5 heteroatoms. The van der Waals surface area contributed by atoms with Crippen molar-refractivity contribution in [3.05, 3.63) is 35.6 Å². The fourth-order valence-electron chi connectivity index (χ4n) is 1.78. The summed E-state index contributed by atoms with van der Waals surface area (Å²) >= 11 is 0. The van der Waals surface area contributed by atoms with E-state index < -0.39 is 0 Å². The van der Waals surface area contributed by atoms with Gasteiger partial charge in [-0.3, -0.25) is 4.79 Å². The van der Waals surface area contributed by atoms with Gasteiger partial charge in [0, 0.05) is 13.1 Å². The molecule has 0 saturated carbocycles. The first kappa shape index (κ1) is 17.9. The molecule has 0 spiro atoms. The van der Waals surface area contributed by atoms with E-state index in [2.05, 4.69) is 6.92 Å². The average molecular weight is 289 g/mol. The number of benzene rings is 1. The molecule has 1 aromatic rings. The summed E-state index contributed by atoms with van der Waals surface area (Å²) < 4.78 is 12.8. The zero-order valence-corrected chi connectivity index (χ0v) is 12.1. The molecule has 2 N–H and O–H groups in total. The van der Waals surface area contributed by atoms with Crippen LogP contribution in [0.5, 0.6) is 0 Å². The first-order chi connectivity index (χ1) is 8.67. The van der Waals surface area contributed by atoms with Crippen LogP contribution in [-0.2, 0) is 11.3 Å². The van der Waals surface area contributed by atoms with Crippen molar-refractivity contribution >= 4 is 18.3 Å². The summed E-state index contributed by atoms with van der Waals surface area (Å²) in [4.78, 5) is 13.4. The molecule has 0 aliphatic rings. The maximum Gasteiger partial charge on any atom is 0.236 e. The minimum absolute atomic E-state index is 0. The van der Waals surface area contributed by atoms with Gasteiger partial charge in [-0.1, -0.05) is 31.9 Å². The molecule has 108 valence electrons. The molecule has 0 bridgehead atoms. The predicted octanol–water partition coefficient (Wildman–Crippen LogP) is 2.73. The largest absolute Gasteiger partial charge is 0.337 e. The van der Waals surface area contributed by atoms with Crippen LogP contribution < -0.4 is 5.73 Å². The maximum absolute atomic E-state index is 12.8. The normalized spacial score (nSPS) is 9.84. The Kier molecular flexibility index (Phi) is 9.17. The van der Waals surface area contributed by atoms with Crippen molar-refractivity contribution in [2.45, 2.75) is 32.7 Å². The first-order valence-corrected chi connectivity index (χ1v) is 6.39. The van der Waals surface area contributed by atoms with Gasteiger partial charge in [0.05, 0.1) is 6.54 Å². The second-order valence-corrected chi connectivity index (χ2v) is 4.35. The van der Waals surface area contributed by atoms with Crippen LogP contribution in [0.3, 0.4) is 0 Å². The number of carbonyl (C=O) groups is 1. The van der Waals surface area contributed by atoms with Crippen LogP contribution in [0.25, 0.3) is 0 Å². The van der Waals surface area contributed by atoms with Crippen molar-refractivity contribution < 1.29 is 9.18 Å². The van der Waals surface area contributed by atoms with Gasteiger partial charge in [-0.2, -0.15) is 0 Å². The van der Waals surface area contributed by atoms with E-state index in [0.717, 1.165) is 24.8 Å². The van der Waals surface area contributed by atoms with Gasteiger partial charge in [-0.25, -0.2) is 4.39 Å². The van der Waals surface area contributed by atoms with Gasteiger partial charge in [-0.15, -0.1) is 12.4 Å². The van der Waals surface area contributed by atoms with Gasteiger partial charge in [0.1, 0.15) is 5.82 Å². The molecule has 1 rings (SSSR count). The fraction of sp³-hybridized carbons (Fsp3) is 0.500. The van der Waals surface area contributed by atoms with Gasteiger partial charge >= 0.3 is 0 Å². The highest BCUT2D eigenvalue weighted by Gasteiger charge is 2.11. The average Bonchev–Trinajstić information content (AvgIpc) is 2.39. The molecule has 0 unspecified atom stereocenters. The molecule has 0 atom stereocenters. The van der Waals surface area contributed by atoms with Crippen LogP contribution in [0.4, 0.5) is 4.39 Å². The van der Waals surface area contributed by atoms with Crippen molar-refractivity contribution in [1.29, 1.82) is 0 Å². The summed E-state index contributed by atoms with van der Waals surface area (Å²) in [5.74, 6) is -0.322. The number of carbonyl (C=O) groups excluding carboxylic acids is 1. The summed E-state index contributed by atoms with van der Waals surface area (Å²) in [5, 5.41) is 0. The second-order valence-electron chi connectivity index (χ2n) is 4.35. The maximum atomic E-state index is 12.8. The van der Waals surface area contributed by atoms with Crippen molar-refractivity contribution in [2.75, 3.05) is 13.1 Å². The van der Waals surface area contributed by atoms with Gasteiger partial charge in [0.25, 0.3) is 0 Å². The summed E-state index contributed by atoms with van der Waals surface area (Å²) in [5.41, 5.74) is 6.33. The van der Waals surface area contributed by atoms with E-state index in [1.54, 1.807) is 17.0 Å². The van der Waals surface area contributed by atoms with Crippen molar-refractivity contribution in [3.63, 3.8) is 0 Å². The monoisotopic (exact) mass is 288 g/mol. The topological polar surface area (TPSA) is 46.3 Å². The minimum Gasteiger partial charge on any atom is -0.337 e. The Morgan fingerprint density at radius 2 is 1.89 bits per heavy atom. The lowest BCUT2D eigenvalue weighted by molar-refractivity contribution is -0.130. The second kappa shape index (κ2) is 9.75. The summed E-state index contributed by atoms with van der Waals surface area (Å²) in [7, 11) is 0. The van der Waals surface area contributed by atoms with E-state index >= 15 is 0 Å². The molecule has 0 heterocycles. The van der Waals surface area contributed by atoms with Gasteiger partial charge in [0.15, 0.2) is 0 Å². The van der Waals surface area contributed by atoms with E-state index in [4.69, 9.17) is 5.73 Å². The van der Waals surface area contributed by atoms with Gasteiger partial charge in [-0.05, 0) is 24.1 Å². The molecule has 0 fully saturated rings. The van der Waals surface area contributed by atoms with E-state index in [-0.39, 0.29) is 30.7 Å². The Morgan fingerprint density at radius 1 is 1.26 bits per heavy atom. The van der Waals surface area contributed by atoms with Gasteiger partial charge in [0.2, 0.25) is 5.91 Å². The third kappa shape index (κ3) is 6.55. The third-order valence-electron chi connectivity index (χ3n) is 2.85. The van der Waals surface area contributed by atoms with E-state index in [1.807, 2.05) is 0 Å². The lowest BCUT2D eigenvalue weighted by Crippen LogP contribution is -2.36. The lowest BCUT2D eigenvalue weighted by atomic mass is 10.2. The number of nitrogens with zero attached hydrogens (tertiary/aromatic N) is 1. The molecule has 0 saturated heterocycles. The molecule has 1 amide bonds. The molecular formula is C14H22ClFN2O. The molecule has 0 aromatic heterocycles. The van der Waals surface area contributed by atoms with Crippen molar-refractivity contribution in [2.24, 2.45) is 5.73 Å². The smallest absolute Gasteiger partial charge is 0.236 e. The lowest BCUT2D eigenvalue weighted by Gasteiger charge is -2.22. The molecule has 0 radical (unpaired) electrons. The molecule has 1 aromatic carbocycles. The van der Waals surface area contributed by atoms with Crippen molar-refractivity contribution in [1.82, 2.24) is 4.90 Å². The van der Waals surface area contributed by atoms with E-state index in [9.17, 15) is 9.18 Å². The van der Waals surface area contributed by atoms with Crippen LogP contribution in [0.2, 0.25) is 0 Å². The minimum atomic E-state index is -0.263. The number of hydrogen-bond acceptors (Lipinski definition) is 2. The quantitative estimate of drug-likeness (QED) is 0.784. The highest BCUT2D eigenvalue weighted by atomic mass is 35.5. The standard InChI is InChI=1S/C14H21FN2O.ClH/c1-2-3-4-9-17(14(18)10-16)11-12-5-7-13(15)8-6-12;/h5-8H,2-4,9-11,16H2,1H3;1H.